The van der Waals surface area contributed by atoms with Gasteiger partial charge in [0.15, 0.2) is 66.1 Å². The first-order chi connectivity index (χ1) is 4.24. The molecule has 10 heteroatoms. The molecular weight excluding hydrogens is 529 g/mol. The fraction of sp³-hybridized carbons (Fsp3) is 0. The van der Waals surface area contributed by atoms with Crippen LogP contribution in [0.15, 0.2) is 0 Å². The number of halogens is 3. The van der Waals surface area contributed by atoms with Gasteiger partial charge in [0.05, 0.1) is 0 Å². The maximum absolute atomic E-state index is 8.48. The molecule has 0 amide bonds. The van der Waals surface area contributed by atoms with Gasteiger partial charge in [-0.15, -0.1) is 0 Å². The van der Waals surface area contributed by atoms with Gasteiger partial charge in [0.25, 0.3) is 0 Å². The van der Waals surface area contributed by atoms with Crippen LogP contribution < -0.4 is 86.7 Å². The molecule has 0 aliphatic heterocycles. The van der Waals surface area contributed by atoms with Crippen molar-refractivity contribution in [3.63, 3.8) is 0 Å². The zero-order chi connectivity index (χ0) is 8.12. The summed E-state index contributed by atoms with van der Waals surface area (Å²) >= 11 is -5.73. The monoisotopic (exact) mass is 529 g/mol. The Morgan fingerprint density at radius 1 is 0.500 bits per heavy atom. The minimum Gasteiger partial charge on any atom is -0.599 e. The van der Waals surface area contributed by atoms with E-state index in [1.807, 2.05) is 0 Å². The van der Waals surface area contributed by atoms with Gasteiger partial charge >= 0.3 is 17.4 Å². The first-order valence-electron chi connectivity index (χ1n) is 0.926. The molecule has 63 valence electrons. The molecule has 0 saturated heterocycles. The van der Waals surface area contributed by atoms with Crippen molar-refractivity contribution in [2.24, 2.45) is 0 Å². The molecular formula is CrI3O6. The molecule has 1 radical (unpaired) electrons. The van der Waals surface area contributed by atoms with Crippen molar-refractivity contribution in [2.75, 3.05) is 0 Å². The van der Waals surface area contributed by atoms with Crippen LogP contribution in [0.25, 0.3) is 0 Å². The number of hydrogen-bond acceptors (Lipinski definition) is 6. The second-order valence-corrected chi connectivity index (χ2v) is 1.27. The molecule has 0 aromatic carbocycles. The predicted molar refractivity (Wildman–Crippen MR) is 0 cm³/mol. The summed E-state index contributed by atoms with van der Waals surface area (Å²) in [6, 6.07) is 0. The average molecular weight is 529 g/mol. The second kappa shape index (κ2) is 42.0. The van der Waals surface area contributed by atoms with Crippen molar-refractivity contribution >= 4 is 0 Å². The Kier molecular flexibility index (Phi) is 96.0. The molecule has 0 atom stereocenters. The molecule has 0 heterocycles. The molecule has 0 aliphatic rings. The SMILES string of the molecule is [Cr+3].[O-][I+][O-].[O-][I+][O-].[O-][I+][O-]. The Morgan fingerprint density at radius 3 is 0.500 bits per heavy atom. The third kappa shape index (κ3) is 153. The Balaban J connectivity index is -0.0000000257. The fourth-order valence-corrected chi connectivity index (χ4v) is 0. The second-order valence-electron chi connectivity index (χ2n) is 0.189. The Labute approximate surface area is 102 Å². The van der Waals surface area contributed by atoms with Crippen molar-refractivity contribution in [2.45, 2.75) is 0 Å². The summed E-state index contributed by atoms with van der Waals surface area (Å²) in [7, 11) is 0. The molecule has 0 saturated carbocycles. The van der Waals surface area contributed by atoms with E-state index >= 15 is 0 Å². The zero-order valence-corrected chi connectivity index (χ0v) is 11.7. The van der Waals surface area contributed by atoms with E-state index in [1.165, 1.54) is 0 Å². The van der Waals surface area contributed by atoms with Crippen molar-refractivity contribution in [1.29, 1.82) is 0 Å². The summed E-state index contributed by atoms with van der Waals surface area (Å²) < 4.78 is 50.9. The van der Waals surface area contributed by atoms with E-state index in [9.17, 15) is 0 Å². The fourth-order valence-electron chi connectivity index (χ4n) is 0. The van der Waals surface area contributed by atoms with Gasteiger partial charge < -0.3 is 20.6 Å². The molecule has 0 fully saturated rings. The molecule has 0 bridgehead atoms. The quantitative estimate of drug-likeness (QED) is 0.286. The molecule has 0 aromatic rings. The third-order valence-corrected chi connectivity index (χ3v) is 0. The smallest absolute Gasteiger partial charge is 0.599 e. The van der Waals surface area contributed by atoms with Crippen LogP contribution in [-0.4, -0.2) is 0 Å². The van der Waals surface area contributed by atoms with Crippen LogP contribution in [0.3, 0.4) is 0 Å². The molecule has 0 aromatic heterocycles. The first-order valence-corrected chi connectivity index (χ1v) is 6.21. The van der Waals surface area contributed by atoms with E-state index in [0.29, 0.717) is 0 Å². The molecule has 0 rings (SSSR count). The van der Waals surface area contributed by atoms with Gasteiger partial charge in [0, 0.05) is 0 Å². The summed E-state index contributed by atoms with van der Waals surface area (Å²) in [5, 5.41) is 0. The minimum atomic E-state index is -1.91. The third-order valence-electron chi connectivity index (χ3n) is 0. The maximum atomic E-state index is 8.48. The largest absolute Gasteiger partial charge is 3.00 e. The molecule has 10 heavy (non-hydrogen) atoms. The van der Waals surface area contributed by atoms with Crippen molar-refractivity contribution < 1.29 is 104 Å². The molecule has 0 aliphatic carbocycles. The molecule has 0 unspecified atom stereocenters. The Morgan fingerprint density at radius 2 is 0.500 bits per heavy atom. The van der Waals surface area contributed by atoms with Crippen molar-refractivity contribution in [3.05, 3.63) is 0 Å². The van der Waals surface area contributed by atoms with E-state index in [0.717, 1.165) is 0 Å². The van der Waals surface area contributed by atoms with E-state index in [1.54, 1.807) is 0 Å². The van der Waals surface area contributed by atoms with Gasteiger partial charge in [-0.3, -0.25) is 0 Å². The molecule has 0 spiro atoms. The van der Waals surface area contributed by atoms with Crippen LogP contribution in [0.2, 0.25) is 0 Å². The molecule has 0 N–H and O–H groups in total. The van der Waals surface area contributed by atoms with E-state index in [-0.39, 0.29) is 17.4 Å². The summed E-state index contributed by atoms with van der Waals surface area (Å²) in [5.74, 6) is 0. The summed E-state index contributed by atoms with van der Waals surface area (Å²) in [6.07, 6.45) is 0. The van der Waals surface area contributed by atoms with Crippen LogP contribution in [0.4, 0.5) is 0 Å². The first kappa shape index (κ1) is 22.9. The van der Waals surface area contributed by atoms with Crippen LogP contribution in [0.1, 0.15) is 0 Å². The summed E-state index contributed by atoms with van der Waals surface area (Å²) in [5.41, 5.74) is 0. The normalized spacial score (nSPS) is 5.40. The van der Waals surface area contributed by atoms with Crippen molar-refractivity contribution in [3.8, 4) is 0 Å². The van der Waals surface area contributed by atoms with E-state index in [4.69, 9.17) is 20.6 Å². The van der Waals surface area contributed by atoms with Gasteiger partial charge in [0.1, 0.15) is 0 Å². The zero-order valence-electron chi connectivity index (χ0n) is 3.99. The maximum Gasteiger partial charge on any atom is 3.00 e. The Bertz CT molecular complexity index is 17.7. The van der Waals surface area contributed by atoms with Gasteiger partial charge in [-0.1, -0.05) is 0 Å². The number of hydrogen-bond donors (Lipinski definition) is 0. The van der Waals surface area contributed by atoms with Crippen molar-refractivity contribution in [1.82, 2.24) is 0 Å². The summed E-state index contributed by atoms with van der Waals surface area (Å²) in [4.78, 5) is 0. The molecule has 6 nitrogen and oxygen atoms in total. The van der Waals surface area contributed by atoms with E-state index in [2.05, 4.69) is 0 Å². The number of rotatable bonds is 0. The minimum absolute atomic E-state index is 0. The summed E-state index contributed by atoms with van der Waals surface area (Å²) in [6.45, 7) is 0. The predicted octanol–water partition coefficient (Wildman–Crippen LogP) is -16.1. The van der Waals surface area contributed by atoms with Gasteiger partial charge in [0.2, 0.25) is 0 Å². The van der Waals surface area contributed by atoms with Crippen LogP contribution in [-0.2, 0) is 17.4 Å². The average Bonchev–Trinajstić information content (AvgIpc) is 1.70. The standard InChI is InChI=1S/Cr.3IO2/c;3*2-1-3/q+3;3*-1. The topological polar surface area (TPSA) is 138 Å². The Hall–Kier alpha value is 2.48. The van der Waals surface area contributed by atoms with Crippen LogP contribution in [0, 0.1) is 0 Å². The van der Waals surface area contributed by atoms with Gasteiger partial charge in [-0.25, -0.2) is 0 Å². The van der Waals surface area contributed by atoms with Crippen LogP contribution >= 0.6 is 0 Å². The van der Waals surface area contributed by atoms with Crippen LogP contribution in [0.5, 0.6) is 0 Å². The van der Waals surface area contributed by atoms with E-state index < -0.39 is 66.1 Å². The van der Waals surface area contributed by atoms with Gasteiger partial charge in [-0.2, -0.15) is 0 Å². The van der Waals surface area contributed by atoms with Gasteiger partial charge in [-0.05, 0) is 0 Å².